The first kappa shape index (κ1) is 31.5. The fourth-order valence-corrected chi connectivity index (χ4v) is 6.03. The molecule has 10 heteroatoms. The van der Waals surface area contributed by atoms with Crippen LogP contribution in [0.3, 0.4) is 0 Å². The van der Waals surface area contributed by atoms with Crippen LogP contribution in [0.1, 0.15) is 44.4 Å². The Labute approximate surface area is 247 Å². The van der Waals surface area contributed by atoms with Gasteiger partial charge in [-0.05, 0) is 77.4 Å². The molecule has 0 bridgehead atoms. The fourth-order valence-electron chi connectivity index (χ4n) is 4.11. The molecule has 3 rings (SSSR count). The summed E-state index contributed by atoms with van der Waals surface area (Å²) >= 11 is 12.5. The van der Waals surface area contributed by atoms with E-state index in [4.69, 9.17) is 23.2 Å². The molecule has 214 valence electrons. The Morgan fingerprint density at radius 3 is 2.05 bits per heavy atom. The van der Waals surface area contributed by atoms with Gasteiger partial charge in [-0.3, -0.25) is 13.9 Å². The number of hydrogen-bond acceptors (Lipinski definition) is 4. The molecule has 0 aliphatic carbocycles. The van der Waals surface area contributed by atoms with E-state index in [-0.39, 0.29) is 33.1 Å². The number of carbonyl (C=O) groups excluding carboxylic acids is 2. The molecule has 40 heavy (non-hydrogen) atoms. The van der Waals surface area contributed by atoms with Crippen molar-refractivity contribution < 1.29 is 18.0 Å². The van der Waals surface area contributed by atoms with Gasteiger partial charge in [0.2, 0.25) is 11.8 Å². The lowest BCUT2D eigenvalue weighted by atomic mass is 10.1. The quantitative estimate of drug-likeness (QED) is 0.318. The van der Waals surface area contributed by atoms with E-state index >= 15 is 0 Å². The summed E-state index contributed by atoms with van der Waals surface area (Å²) in [6.45, 7) is 10.5. The number of amides is 2. The van der Waals surface area contributed by atoms with Gasteiger partial charge in [0.1, 0.15) is 12.6 Å². The summed E-state index contributed by atoms with van der Waals surface area (Å²) in [5.41, 5.74) is 2.29. The average Bonchev–Trinajstić information content (AvgIpc) is 2.84. The SMILES string of the molecule is Cc1ccc(S(=O)(=O)N(CC(=O)N(Cc2cccc(C)c2)C(C)C(=O)NC(C)(C)C)c2cc(Cl)cc(Cl)c2)cc1. The first-order chi connectivity index (χ1) is 18.6. The highest BCUT2D eigenvalue weighted by atomic mass is 35.5. The molecule has 0 aromatic heterocycles. The van der Waals surface area contributed by atoms with Crippen molar-refractivity contribution in [1.82, 2.24) is 10.2 Å². The van der Waals surface area contributed by atoms with Gasteiger partial charge in [0.15, 0.2) is 0 Å². The van der Waals surface area contributed by atoms with E-state index in [1.54, 1.807) is 19.1 Å². The Kier molecular flexibility index (Phi) is 9.93. The molecule has 2 amide bonds. The van der Waals surface area contributed by atoms with Gasteiger partial charge in [-0.15, -0.1) is 0 Å². The van der Waals surface area contributed by atoms with Gasteiger partial charge < -0.3 is 10.2 Å². The zero-order valence-corrected chi connectivity index (χ0v) is 25.9. The molecular weight excluding hydrogens is 569 g/mol. The molecular formula is C30H35Cl2N3O4S. The van der Waals surface area contributed by atoms with E-state index in [1.807, 2.05) is 58.9 Å². The van der Waals surface area contributed by atoms with E-state index in [9.17, 15) is 18.0 Å². The third-order valence-corrected chi connectivity index (χ3v) is 8.35. The molecule has 7 nitrogen and oxygen atoms in total. The maximum Gasteiger partial charge on any atom is 0.264 e. The predicted octanol–water partition coefficient (Wildman–Crippen LogP) is 6.14. The first-order valence-corrected chi connectivity index (χ1v) is 15.0. The van der Waals surface area contributed by atoms with Crippen LogP contribution in [-0.4, -0.2) is 43.3 Å². The second kappa shape index (κ2) is 12.6. The molecule has 0 fully saturated rings. The summed E-state index contributed by atoms with van der Waals surface area (Å²) in [7, 11) is -4.22. The molecule has 1 unspecified atom stereocenters. The highest BCUT2D eigenvalue weighted by Crippen LogP contribution is 2.30. The normalized spacial score (nSPS) is 12.5. The maximum atomic E-state index is 14.0. The van der Waals surface area contributed by atoms with Crippen LogP contribution in [0.15, 0.2) is 71.6 Å². The number of nitrogens with zero attached hydrogens (tertiary/aromatic N) is 2. The minimum atomic E-state index is -4.22. The summed E-state index contributed by atoms with van der Waals surface area (Å²) in [6.07, 6.45) is 0. The number of aryl methyl sites for hydroxylation is 2. The molecule has 1 N–H and O–H groups in total. The molecule has 3 aromatic carbocycles. The zero-order chi connectivity index (χ0) is 29.8. The molecule has 0 spiro atoms. The predicted molar refractivity (Wildman–Crippen MR) is 161 cm³/mol. The van der Waals surface area contributed by atoms with Gasteiger partial charge in [-0.1, -0.05) is 70.7 Å². The van der Waals surface area contributed by atoms with Gasteiger partial charge in [0.05, 0.1) is 10.6 Å². The Morgan fingerprint density at radius 2 is 1.50 bits per heavy atom. The van der Waals surface area contributed by atoms with Crippen LogP contribution in [0.5, 0.6) is 0 Å². The summed E-state index contributed by atoms with van der Waals surface area (Å²) in [6, 6.07) is 17.4. The molecule has 3 aromatic rings. The van der Waals surface area contributed by atoms with Gasteiger partial charge >= 0.3 is 0 Å². The monoisotopic (exact) mass is 603 g/mol. The van der Waals surface area contributed by atoms with E-state index in [0.29, 0.717) is 0 Å². The number of anilines is 1. The van der Waals surface area contributed by atoms with Gasteiger partial charge in [0.25, 0.3) is 10.0 Å². The lowest BCUT2D eigenvalue weighted by Gasteiger charge is -2.33. The van der Waals surface area contributed by atoms with Crippen molar-refractivity contribution in [2.45, 2.75) is 64.6 Å². The molecule has 0 saturated heterocycles. The molecule has 0 radical (unpaired) electrons. The summed E-state index contributed by atoms with van der Waals surface area (Å²) in [4.78, 5) is 28.6. The van der Waals surface area contributed by atoms with Gasteiger partial charge in [-0.25, -0.2) is 8.42 Å². The van der Waals surface area contributed by atoms with Crippen molar-refractivity contribution in [3.05, 3.63) is 93.5 Å². The smallest absolute Gasteiger partial charge is 0.264 e. The highest BCUT2D eigenvalue weighted by Gasteiger charge is 2.33. The van der Waals surface area contributed by atoms with Crippen molar-refractivity contribution in [3.63, 3.8) is 0 Å². The molecule has 1 atom stereocenters. The topological polar surface area (TPSA) is 86.8 Å². The molecule has 0 saturated carbocycles. The maximum absolute atomic E-state index is 14.0. The Hall–Kier alpha value is -3.07. The number of nitrogens with one attached hydrogen (secondary N) is 1. The van der Waals surface area contributed by atoms with E-state index < -0.39 is 34.1 Å². The Balaban J connectivity index is 2.07. The van der Waals surface area contributed by atoms with E-state index in [2.05, 4.69) is 5.32 Å². The van der Waals surface area contributed by atoms with Gasteiger partial charge in [0, 0.05) is 22.1 Å². The molecule has 0 aliphatic rings. The number of benzene rings is 3. The minimum absolute atomic E-state index is 0.00533. The summed E-state index contributed by atoms with van der Waals surface area (Å²) in [5.74, 6) is -0.919. The summed E-state index contributed by atoms with van der Waals surface area (Å²) < 4.78 is 28.8. The Bertz CT molecular complexity index is 1470. The van der Waals surface area contributed by atoms with E-state index in [0.717, 1.165) is 21.0 Å². The van der Waals surface area contributed by atoms with Crippen LogP contribution in [0.2, 0.25) is 10.0 Å². The first-order valence-electron chi connectivity index (χ1n) is 12.8. The summed E-state index contributed by atoms with van der Waals surface area (Å²) in [5, 5.41) is 3.35. The highest BCUT2D eigenvalue weighted by molar-refractivity contribution is 7.92. The van der Waals surface area contributed by atoms with Crippen LogP contribution in [0, 0.1) is 13.8 Å². The largest absolute Gasteiger partial charge is 0.350 e. The van der Waals surface area contributed by atoms with Crippen molar-refractivity contribution in [3.8, 4) is 0 Å². The molecule has 0 heterocycles. The lowest BCUT2D eigenvalue weighted by molar-refractivity contribution is -0.140. The van der Waals surface area contributed by atoms with Crippen LogP contribution in [-0.2, 0) is 26.2 Å². The number of sulfonamides is 1. The van der Waals surface area contributed by atoms with Gasteiger partial charge in [-0.2, -0.15) is 0 Å². The standard InChI is InChI=1S/C30H35Cl2N3O4S/c1-20-10-12-27(13-11-20)40(38,39)35(26-16-24(31)15-25(32)17-26)19-28(36)34(18-23-9-7-8-21(2)14-23)22(3)29(37)33-30(4,5)6/h7-17,22H,18-19H2,1-6H3,(H,33,37). The number of halogens is 2. The Morgan fingerprint density at radius 1 is 0.900 bits per heavy atom. The van der Waals surface area contributed by atoms with Crippen LogP contribution in [0.4, 0.5) is 5.69 Å². The second-order valence-corrected chi connectivity index (χ2v) is 13.6. The average molecular weight is 605 g/mol. The van der Waals surface area contributed by atoms with Crippen molar-refractivity contribution in [2.75, 3.05) is 10.8 Å². The second-order valence-electron chi connectivity index (χ2n) is 10.9. The van der Waals surface area contributed by atoms with Crippen LogP contribution >= 0.6 is 23.2 Å². The zero-order valence-electron chi connectivity index (χ0n) is 23.5. The minimum Gasteiger partial charge on any atom is -0.350 e. The number of rotatable bonds is 9. The lowest BCUT2D eigenvalue weighted by Crippen LogP contribution is -2.54. The van der Waals surface area contributed by atoms with Crippen molar-refractivity contribution in [2.24, 2.45) is 0 Å². The number of carbonyl (C=O) groups is 2. The number of hydrogen-bond donors (Lipinski definition) is 1. The van der Waals surface area contributed by atoms with Crippen LogP contribution < -0.4 is 9.62 Å². The van der Waals surface area contributed by atoms with E-state index in [1.165, 1.54) is 35.2 Å². The third-order valence-electron chi connectivity index (χ3n) is 6.12. The van der Waals surface area contributed by atoms with Crippen molar-refractivity contribution in [1.29, 1.82) is 0 Å². The van der Waals surface area contributed by atoms with Crippen molar-refractivity contribution >= 4 is 50.7 Å². The molecule has 0 aliphatic heterocycles. The third kappa shape index (κ3) is 8.22. The fraction of sp³-hybridized carbons (Fsp3) is 0.333. The van der Waals surface area contributed by atoms with Crippen LogP contribution in [0.25, 0.3) is 0 Å².